The maximum absolute atomic E-state index is 12.4. The minimum absolute atomic E-state index is 0.00460. The summed E-state index contributed by atoms with van der Waals surface area (Å²) in [5.41, 5.74) is 0.924. The number of benzene rings is 1. The van der Waals surface area contributed by atoms with E-state index in [0.29, 0.717) is 6.54 Å². The fourth-order valence-corrected chi connectivity index (χ4v) is 4.87. The zero-order valence-electron chi connectivity index (χ0n) is 16.0. The smallest absolute Gasteiger partial charge is 0.355 e. The molecule has 1 aromatic rings. The molecule has 0 aromatic heterocycles. The van der Waals surface area contributed by atoms with Crippen LogP contribution in [0.4, 0.5) is 0 Å². The van der Waals surface area contributed by atoms with Gasteiger partial charge in [0.1, 0.15) is 5.71 Å². The van der Waals surface area contributed by atoms with E-state index in [-0.39, 0.29) is 42.4 Å². The molecule has 2 atom stereocenters. The number of amides is 2. The number of rotatable bonds is 6. The summed E-state index contributed by atoms with van der Waals surface area (Å²) in [5.74, 6) is -1.73. The van der Waals surface area contributed by atoms with Gasteiger partial charge in [0.25, 0.3) is 5.91 Å². The molecular formula is C19H23N3O6S. The van der Waals surface area contributed by atoms with Gasteiger partial charge >= 0.3 is 5.97 Å². The quantitative estimate of drug-likeness (QED) is 0.664. The van der Waals surface area contributed by atoms with E-state index >= 15 is 0 Å². The van der Waals surface area contributed by atoms with Gasteiger partial charge in [-0.15, -0.1) is 0 Å². The van der Waals surface area contributed by atoms with Gasteiger partial charge < -0.3 is 10.1 Å². The Hall–Kier alpha value is -2.75. The van der Waals surface area contributed by atoms with Crippen LogP contribution in [0.5, 0.6) is 0 Å². The Labute approximate surface area is 169 Å². The van der Waals surface area contributed by atoms with E-state index in [9.17, 15) is 22.8 Å². The van der Waals surface area contributed by atoms with E-state index < -0.39 is 33.9 Å². The first-order chi connectivity index (χ1) is 13.7. The van der Waals surface area contributed by atoms with Crippen molar-refractivity contribution in [3.63, 3.8) is 0 Å². The van der Waals surface area contributed by atoms with Crippen molar-refractivity contribution in [1.82, 2.24) is 10.3 Å². The molecule has 29 heavy (non-hydrogen) atoms. The fourth-order valence-electron chi connectivity index (χ4n) is 3.18. The van der Waals surface area contributed by atoms with Crippen LogP contribution in [-0.4, -0.2) is 60.6 Å². The van der Waals surface area contributed by atoms with Crippen LogP contribution < -0.4 is 5.32 Å². The third-order valence-corrected chi connectivity index (χ3v) is 6.56. The average Bonchev–Trinajstić information content (AvgIpc) is 3.06. The lowest BCUT2D eigenvalue weighted by atomic mass is 10.1. The summed E-state index contributed by atoms with van der Waals surface area (Å²) in [6.45, 7) is 1.76. The number of sulfone groups is 1. The molecule has 10 heteroatoms. The van der Waals surface area contributed by atoms with Crippen LogP contribution in [0.25, 0.3) is 0 Å². The third kappa shape index (κ3) is 5.41. The highest BCUT2D eigenvalue weighted by atomic mass is 32.2. The molecule has 0 radical (unpaired) electrons. The zero-order chi connectivity index (χ0) is 21.0. The van der Waals surface area contributed by atoms with Crippen molar-refractivity contribution in [1.29, 1.82) is 0 Å². The molecule has 9 nitrogen and oxygen atoms in total. The van der Waals surface area contributed by atoms with Crippen LogP contribution in [0, 0.1) is 0 Å². The van der Waals surface area contributed by atoms with Gasteiger partial charge in [0.2, 0.25) is 5.91 Å². The van der Waals surface area contributed by atoms with E-state index in [1.165, 1.54) is 6.92 Å². The SMILES string of the molecule is C[C@H](OC(=O)C1=NN([C@@H]2CCS(=O)(=O)C2)C(=O)CC1)C(=O)NCc1ccccc1. The molecular weight excluding hydrogens is 398 g/mol. The summed E-state index contributed by atoms with van der Waals surface area (Å²) in [6.07, 6.45) is -0.615. The van der Waals surface area contributed by atoms with Crippen molar-refractivity contribution >= 4 is 33.3 Å². The van der Waals surface area contributed by atoms with Gasteiger partial charge in [0.15, 0.2) is 15.9 Å². The number of ether oxygens (including phenoxy) is 1. The number of carbonyl (C=O) groups is 3. The summed E-state index contributed by atoms with van der Waals surface area (Å²) in [6, 6.07) is 8.74. The minimum Gasteiger partial charge on any atom is -0.448 e. The third-order valence-electron chi connectivity index (χ3n) is 4.81. The van der Waals surface area contributed by atoms with Crippen molar-refractivity contribution in [2.24, 2.45) is 5.10 Å². The molecule has 2 aliphatic heterocycles. The second kappa shape index (κ2) is 8.73. The molecule has 2 heterocycles. The van der Waals surface area contributed by atoms with Gasteiger partial charge in [0, 0.05) is 19.4 Å². The van der Waals surface area contributed by atoms with Crippen molar-refractivity contribution in [3.05, 3.63) is 35.9 Å². The first kappa shape index (κ1) is 21.0. The van der Waals surface area contributed by atoms with Gasteiger partial charge in [-0.2, -0.15) is 5.10 Å². The number of hydrazone groups is 1. The molecule has 0 saturated carbocycles. The van der Waals surface area contributed by atoms with Crippen LogP contribution in [0.3, 0.4) is 0 Å². The van der Waals surface area contributed by atoms with Gasteiger partial charge in [0.05, 0.1) is 17.5 Å². The van der Waals surface area contributed by atoms with Gasteiger partial charge in [-0.1, -0.05) is 30.3 Å². The predicted octanol–water partition coefficient (Wildman–Crippen LogP) is 0.400. The topological polar surface area (TPSA) is 122 Å². The molecule has 0 unspecified atom stereocenters. The average molecular weight is 421 g/mol. The van der Waals surface area contributed by atoms with Crippen LogP contribution in [0.2, 0.25) is 0 Å². The minimum atomic E-state index is -3.20. The standard InChI is InChI=1S/C19H23N3O6S/c1-13(18(24)20-11-14-5-3-2-4-6-14)28-19(25)16-7-8-17(23)22(21-16)15-9-10-29(26,27)12-15/h2-6,13,15H,7-12H2,1H3,(H,20,24)/t13-,15+/m0/s1. The van der Waals surface area contributed by atoms with Crippen LogP contribution in [0.15, 0.2) is 35.4 Å². The first-order valence-electron chi connectivity index (χ1n) is 9.38. The lowest BCUT2D eigenvalue weighted by molar-refractivity contribution is -0.149. The Morgan fingerprint density at radius 2 is 2.00 bits per heavy atom. The van der Waals surface area contributed by atoms with Crippen LogP contribution >= 0.6 is 0 Å². The molecule has 0 bridgehead atoms. The van der Waals surface area contributed by atoms with Crippen molar-refractivity contribution in [2.45, 2.75) is 44.9 Å². The largest absolute Gasteiger partial charge is 0.448 e. The lowest BCUT2D eigenvalue weighted by Gasteiger charge is -2.27. The number of esters is 1. The first-order valence-corrected chi connectivity index (χ1v) is 11.2. The monoisotopic (exact) mass is 421 g/mol. The van der Waals surface area contributed by atoms with Crippen molar-refractivity contribution in [3.8, 4) is 0 Å². The molecule has 0 spiro atoms. The molecule has 1 saturated heterocycles. The molecule has 1 N–H and O–H groups in total. The molecule has 1 aromatic carbocycles. The van der Waals surface area contributed by atoms with Crippen molar-refractivity contribution in [2.75, 3.05) is 11.5 Å². The Kier molecular flexibility index (Phi) is 6.31. The number of nitrogens with zero attached hydrogens (tertiary/aromatic N) is 2. The molecule has 2 aliphatic rings. The highest BCUT2D eigenvalue weighted by Crippen LogP contribution is 2.22. The van der Waals surface area contributed by atoms with E-state index in [0.717, 1.165) is 10.6 Å². The molecule has 1 fully saturated rings. The Bertz CT molecular complexity index is 929. The molecule has 156 valence electrons. The summed E-state index contributed by atoms with van der Waals surface area (Å²) in [4.78, 5) is 36.7. The Morgan fingerprint density at radius 3 is 2.66 bits per heavy atom. The second-order valence-corrected chi connectivity index (χ2v) is 9.32. The number of hydrogen-bond donors (Lipinski definition) is 1. The Morgan fingerprint density at radius 1 is 1.28 bits per heavy atom. The normalized spacial score (nSPS) is 22.0. The van der Waals surface area contributed by atoms with Gasteiger partial charge in [-0.05, 0) is 18.9 Å². The van der Waals surface area contributed by atoms with Gasteiger partial charge in [-0.3, -0.25) is 9.59 Å². The highest BCUT2D eigenvalue weighted by Gasteiger charge is 2.37. The maximum Gasteiger partial charge on any atom is 0.355 e. The second-order valence-electron chi connectivity index (χ2n) is 7.09. The molecule has 0 aliphatic carbocycles. The highest BCUT2D eigenvalue weighted by molar-refractivity contribution is 7.91. The van der Waals surface area contributed by atoms with Gasteiger partial charge in [-0.25, -0.2) is 18.2 Å². The fraction of sp³-hybridized carbons (Fsp3) is 0.474. The Balaban J connectivity index is 1.58. The molecule has 3 rings (SSSR count). The maximum atomic E-state index is 12.4. The van der Waals surface area contributed by atoms with E-state index in [4.69, 9.17) is 4.74 Å². The summed E-state index contributed by atoms with van der Waals surface area (Å²) in [5, 5.41) is 7.82. The van der Waals surface area contributed by atoms with E-state index in [2.05, 4.69) is 10.4 Å². The lowest BCUT2D eigenvalue weighted by Crippen LogP contribution is -2.43. The predicted molar refractivity (Wildman–Crippen MR) is 104 cm³/mol. The summed E-state index contributed by atoms with van der Waals surface area (Å²) in [7, 11) is -3.20. The number of carbonyl (C=O) groups excluding carboxylic acids is 3. The number of nitrogens with one attached hydrogen (secondary N) is 1. The van der Waals surface area contributed by atoms with Crippen LogP contribution in [-0.2, 0) is 35.5 Å². The number of hydrogen-bond acceptors (Lipinski definition) is 7. The summed E-state index contributed by atoms with van der Waals surface area (Å²) >= 11 is 0. The molecule has 2 amide bonds. The van der Waals surface area contributed by atoms with Crippen molar-refractivity contribution < 1.29 is 27.5 Å². The summed E-state index contributed by atoms with van der Waals surface area (Å²) < 4.78 is 28.5. The van der Waals surface area contributed by atoms with E-state index in [1.807, 2.05) is 30.3 Å². The van der Waals surface area contributed by atoms with Crippen LogP contribution in [0.1, 0.15) is 31.7 Å². The zero-order valence-corrected chi connectivity index (χ0v) is 16.9. The van der Waals surface area contributed by atoms with E-state index in [1.54, 1.807) is 0 Å².